The predicted molar refractivity (Wildman–Crippen MR) is 65.4 cm³/mol. The molecular formula is C12H13N3O3. The lowest BCUT2D eigenvalue weighted by Crippen LogP contribution is -1.97. The Kier molecular flexibility index (Phi) is 3.59. The van der Waals surface area contributed by atoms with Gasteiger partial charge in [-0.1, -0.05) is 6.07 Å². The van der Waals surface area contributed by atoms with Crippen molar-refractivity contribution in [3.63, 3.8) is 0 Å². The zero-order valence-electron chi connectivity index (χ0n) is 9.83. The quantitative estimate of drug-likeness (QED) is 0.847. The van der Waals surface area contributed by atoms with Gasteiger partial charge in [-0.05, 0) is 23.8 Å². The van der Waals surface area contributed by atoms with E-state index in [1.54, 1.807) is 24.3 Å². The molecule has 94 valence electrons. The van der Waals surface area contributed by atoms with Gasteiger partial charge in [0.1, 0.15) is 5.82 Å². The summed E-state index contributed by atoms with van der Waals surface area (Å²) in [5, 5.41) is 9.04. The van der Waals surface area contributed by atoms with Gasteiger partial charge in [0.15, 0.2) is 11.5 Å². The molecule has 0 bridgehead atoms. The maximum atomic E-state index is 9.04. The Morgan fingerprint density at radius 2 is 2.11 bits per heavy atom. The van der Waals surface area contributed by atoms with Crippen LogP contribution < -0.4 is 15.2 Å². The molecule has 0 amide bonds. The van der Waals surface area contributed by atoms with Crippen molar-refractivity contribution in [2.24, 2.45) is 0 Å². The van der Waals surface area contributed by atoms with Crippen LogP contribution in [0.4, 0.5) is 5.82 Å². The Balaban J connectivity index is 2.28. The second-order valence-corrected chi connectivity index (χ2v) is 3.51. The van der Waals surface area contributed by atoms with Gasteiger partial charge in [-0.3, -0.25) is 0 Å². The van der Waals surface area contributed by atoms with Gasteiger partial charge in [0.25, 0.3) is 0 Å². The largest absolute Gasteiger partial charge is 0.493 e. The molecular weight excluding hydrogens is 234 g/mol. The lowest BCUT2D eigenvalue weighted by molar-refractivity contribution is 0.280. The third-order valence-electron chi connectivity index (χ3n) is 2.27. The van der Waals surface area contributed by atoms with Crippen molar-refractivity contribution in [2.75, 3.05) is 12.8 Å². The van der Waals surface area contributed by atoms with Gasteiger partial charge in [0, 0.05) is 6.20 Å². The Bertz CT molecular complexity index is 546. The molecule has 0 aliphatic carbocycles. The fourth-order valence-corrected chi connectivity index (χ4v) is 1.40. The number of ether oxygens (including phenoxy) is 2. The Labute approximate surface area is 104 Å². The highest BCUT2D eigenvalue weighted by Crippen LogP contribution is 2.31. The first-order valence-electron chi connectivity index (χ1n) is 5.27. The number of aliphatic hydroxyl groups excluding tert-OH is 1. The van der Waals surface area contributed by atoms with E-state index in [1.807, 2.05) is 0 Å². The van der Waals surface area contributed by atoms with Crippen LogP contribution in [-0.4, -0.2) is 22.2 Å². The van der Waals surface area contributed by atoms with Gasteiger partial charge in [0.2, 0.25) is 0 Å². The van der Waals surface area contributed by atoms with Crippen molar-refractivity contribution in [1.82, 2.24) is 9.97 Å². The number of hydrogen-bond acceptors (Lipinski definition) is 6. The predicted octanol–water partition coefficient (Wildman–Crippen LogP) is 1.35. The van der Waals surface area contributed by atoms with Crippen molar-refractivity contribution in [1.29, 1.82) is 0 Å². The summed E-state index contributed by atoms with van der Waals surface area (Å²) < 4.78 is 10.6. The topological polar surface area (TPSA) is 90.5 Å². The zero-order chi connectivity index (χ0) is 13.0. The van der Waals surface area contributed by atoms with Crippen LogP contribution in [0.5, 0.6) is 17.5 Å². The number of nitrogens with zero attached hydrogens (tertiary/aromatic N) is 2. The summed E-state index contributed by atoms with van der Waals surface area (Å²) in [7, 11) is 1.52. The van der Waals surface area contributed by atoms with Gasteiger partial charge in [0.05, 0.1) is 13.7 Å². The number of benzene rings is 1. The molecule has 3 N–H and O–H groups in total. The minimum absolute atomic E-state index is 0.0641. The van der Waals surface area contributed by atoms with Crippen LogP contribution in [0.2, 0.25) is 0 Å². The summed E-state index contributed by atoms with van der Waals surface area (Å²) in [6, 6.07) is 6.80. The lowest BCUT2D eigenvalue weighted by atomic mass is 10.2. The van der Waals surface area contributed by atoms with Crippen LogP contribution >= 0.6 is 0 Å². The molecule has 1 aromatic heterocycles. The Morgan fingerprint density at radius 1 is 1.28 bits per heavy atom. The molecule has 1 aromatic carbocycles. The zero-order valence-corrected chi connectivity index (χ0v) is 9.83. The Hall–Kier alpha value is -2.34. The Morgan fingerprint density at radius 3 is 2.78 bits per heavy atom. The number of methoxy groups -OCH3 is 1. The molecule has 2 aromatic rings. The van der Waals surface area contributed by atoms with E-state index < -0.39 is 0 Å². The van der Waals surface area contributed by atoms with E-state index in [0.717, 1.165) is 5.56 Å². The highest BCUT2D eigenvalue weighted by molar-refractivity contribution is 5.44. The van der Waals surface area contributed by atoms with Gasteiger partial charge in [-0.25, -0.2) is 4.98 Å². The maximum absolute atomic E-state index is 9.04. The van der Waals surface area contributed by atoms with Gasteiger partial charge in [-0.2, -0.15) is 4.98 Å². The van der Waals surface area contributed by atoms with Crippen LogP contribution in [-0.2, 0) is 6.61 Å². The summed E-state index contributed by atoms with van der Waals surface area (Å²) in [6.45, 7) is -0.0641. The highest BCUT2D eigenvalue weighted by Gasteiger charge is 2.08. The molecule has 18 heavy (non-hydrogen) atoms. The van der Waals surface area contributed by atoms with E-state index in [9.17, 15) is 0 Å². The third-order valence-corrected chi connectivity index (χ3v) is 2.27. The number of nitrogen functional groups attached to an aromatic ring is 1. The first-order chi connectivity index (χ1) is 8.72. The first-order valence-corrected chi connectivity index (χ1v) is 5.27. The van der Waals surface area contributed by atoms with Gasteiger partial charge in [-0.15, -0.1) is 0 Å². The van der Waals surface area contributed by atoms with Crippen LogP contribution in [0.25, 0.3) is 0 Å². The SMILES string of the molecule is COc1cc(CO)ccc1Oc1nccc(N)n1. The average molecular weight is 247 g/mol. The van der Waals surface area contributed by atoms with Crippen molar-refractivity contribution >= 4 is 5.82 Å². The molecule has 0 fully saturated rings. The number of hydrogen-bond donors (Lipinski definition) is 2. The molecule has 0 saturated heterocycles. The van der Waals surface area contributed by atoms with E-state index in [1.165, 1.54) is 13.3 Å². The number of nitrogens with two attached hydrogens (primary N) is 1. The molecule has 0 radical (unpaired) electrons. The molecule has 6 nitrogen and oxygen atoms in total. The van der Waals surface area contributed by atoms with E-state index in [2.05, 4.69) is 9.97 Å². The lowest BCUT2D eigenvalue weighted by Gasteiger charge is -2.10. The van der Waals surface area contributed by atoms with E-state index in [-0.39, 0.29) is 12.6 Å². The fraction of sp³-hybridized carbons (Fsp3) is 0.167. The molecule has 0 atom stereocenters. The summed E-state index contributed by atoms with van der Waals surface area (Å²) in [6.07, 6.45) is 1.51. The van der Waals surface area contributed by atoms with Crippen LogP contribution in [0.3, 0.4) is 0 Å². The second kappa shape index (κ2) is 5.33. The minimum Gasteiger partial charge on any atom is -0.493 e. The third kappa shape index (κ3) is 2.67. The van der Waals surface area contributed by atoms with Crippen LogP contribution in [0.1, 0.15) is 5.56 Å². The first kappa shape index (κ1) is 12.1. The van der Waals surface area contributed by atoms with E-state index in [0.29, 0.717) is 17.3 Å². The maximum Gasteiger partial charge on any atom is 0.324 e. The van der Waals surface area contributed by atoms with E-state index >= 15 is 0 Å². The highest BCUT2D eigenvalue weighted by atomic mass is 16.5. The fourth-order valence-electron chi connectivity index (χ4n) is 1.40. The molecule has 0 saturated carbocycles. The van der Waals surface area contributed by atoms with Gasteiger partial charge >= 0.3 is 6.01 Å². The minimum atomic E-state index is -0.0641. The molecule has 6 heteroatoms. The average Bonchev–Trinajstić information content (AvgIpc) is 2.39. The number of rotatable bonds is 4. The summed E-state index contributed by atoms with van der Waals surface area (Å²) in [5.74, 6) is 1.28. The summed E-state index contributed by atoms with van der Waals surface area (Å²) in [4.78, 5) is 7.86. The molecule has 0 spiro atoms. The normalized spacial score (nSPS) is 10.1. The number of aromatic nitrogens is 2. The molecule has 0 aliphatic rings. The van der Waals surface area contributed by atoms with Crippen LogP contribution in [0.15, 0.2) is 30.5 Å². The smallest absolute Gasteiger partial charge is 0.324 e. The van der Waals surface area contributed by atoms with Crippen molar-refractivity contribution in [3.8, 4) is 17.5 Å². The number of aliphatic hydroxyl groups is 1. The van der Waals surface area contributed by atoms with Crippen molar-refractivity contribution in [3.05, 3.63) is 36.0 Å². The summed E-state index contributed by atoms with van der Waals surface area (Å²) in [5.41, 5.74) is 6.26. The van der Waals surface area contributed by atoms with Crippen LogP contribution in [0, 0.1) is 0 Å². The van der Waals surface area contributed by atoms with Gasteiger partial charge < -0.3 is 20.3 Å². The van der Waals surface area contributed by atoms with E-state index in [4.69, 9.17) is 20.3 Å². The summed E-state index contributed by atoms with van der Waals surface area (Å²) >= 11 is 0. The van der Waals surface area contributed by atoms with Crippen molar-refractivity contribution in [2.45, 2.75) is 6.61 Å². The molecule has 0 aliphatic heterocycles. The molecule has 0 unspecified atom stereocenters. The number of anilines is 1. The monoisotopic (exact) mass is 247 g/mol. The second-order valence-electron chi connectivity index (χ2n) is 3.51. The van der Waals surface area contributed by atoms with Crippen molar-refractivity contribution < 1.29 is 14.6 Å². The molecule has 2 rings (SSSR count). The molecule has 1 heterocycles. The standard InChI is InChI=1S/C12H13N3O3/c1-17-10-6-8(7-16)2-3-9(10)18-12-14-5-4-11(13)15-12/h2-6,16H,7H2,1H3,(H2,13,14,15).